The number of Topliss-reactive ketones (excluding diaryl/α,β-unsaturated/α-hetero) is 2. The molecular formula is C36H35NO9. The first-order valence-electron chi connectivity index (χ1n) is 14.7. The highest BCUT2D eigenvalue weighted by Gasteiger charge is 2.61. The van der Waals surface area contributed by atoms with Crippen LogP contribution in [0.1, 0.15) is 50.9 Å². The second-order valence-electron chi connectivity index (χ2n) is 10.9. The van der Waals surface area contributed by atoms with E-state index in [0.29, 0.717) is 62.7 Å². The van der Waals surface area contributed by atoms with Gasteiger partial charge in [0.2, 0.25) is 5.88 Å². The molecule has 1 heterocycles. The Morgan fingerprint density at radius 3 is 1.87 bits per heavy atom. The summed E-state index contributed by atoms with van der Waals surface area (Å²) >= 11 is 0. The molecule has 0 aliphatic heterocycles. The Morgan fingerprint density at radius 1 is 0.674 bits per heavy atom. The molecule has 4 aromatic rings. The maximum absolute atomic E-state index is 15.0. The van der Waals surface area contributed by atoms with Gasteiger partial charge in [-0.1, -0.05) is 24.3 Å². The lowest BCUT2D eigenvalue weighted by molar-refractivity contribution is 0.0790. The molecular weight excluding hydrogens is 590 g/mol. The van der Waals surface area contributed by atoms with Crippen molar-refractivity contribution in [2.75, 3.05) is 49.8 Å². The third kappa shape index (κ3) is 3.98. The highest BCUT2D eigenvalue weighted by atomic mass is 16.5. The lowest BCUT2D eigenvalue weighted by Crippen LogP contribution is -2.36. The maximum Gasteiger partial charge on any atom is 0.225 e. The van der Waals surface area contributed by atoms with Gasteiger partial charge in [-0.15, -0.1) is 0 Å². The van der Waals surface area contributed by atoms with Crippen molar-refractivity contribution < 1.29 is 42.7 Å². The SMILES string of the molecule is C/C=C/C=C/c1cc2cc3c(c(OC)c2c(OC)n1)C1(CC3)C(=O)c2c(c(OC)c3c(OC)c(OC)cc(OC)c3c2OC)C1=O. The van der Waals surface area contributed by atoms with E-state index >= 15 is 0 Å². The van der Waals surface area contributed by atoms with E-state index in [-0.39, 0.29) is 29.0 Å². The van der Waals surface area contributed by atoms with E-state index in [4.69, 9.17) is 38.1 Å². The Balaban J connectivity index is 1.70. The Labute approximate surface area is 266 Å². The van der Waals surface area contributed by atoms with E-state index in [1.54, 1.807) is 6.07 Å². The molecule has 1 unspecified atom stereocenters. The summed E-state index contributed by atoms with van der Waals surface area (Å²) in [7, 11) is 10.4. The smallest absolute Gasteiger partial charge is 0.225 e. The molecule has 1 aromatic heterocycles. The normalized spacial score (nSPS) is 17.0. The van der Waals surface area contributed by atoms with Crippen molar-refractivity contribution in [3.63, 3.8) is 0 Å². The summed E-state index contributed by atoms with van der Waals surface area (Å²) in [5.74, 6) is 1.24. The van der Waals surface area contributed by atoms with Gasteiger partial charge >= 0.3 is 0 Å². The minimum Gasteiger partial charge on any atom is -0.496 e. The molecule has 0 N–H and O–H groups in total. The first-order valence-corrected chi connectivity index (χ1v) is 14.7. The molecule has 3 aromatic carbocycles. The number of hydrogen-bond acceptors (Lipinski definition) is 10. The van der Waals surface area contributed by atoms with E-state index in [0.717, 1.165) is 10.9 Å². The lowest BCUT2D eigenvalue weighted by atomic mass is 9.76. The highest BCUT2D eigenvalue weighted by Crippen LogP contribution is 2.61. The predicted octanol–water partition coefficient (Wildman–Crippen LogP) is 6.30. The van der Waals surface area contributed by atoms with Crippen LogP contribution in [-0.4, -0.2) is 66.3 Å². The van der Waals surface area contributed by atoms with Gasteiger partial charge in [-0.2, -0.15) is 0 Å². The zero-order valence-electron chi connectivity index (χ0n) is 27.1. The summed E-state index contributed by atoms with van der Waals surface area (Å²) in [5, 5.41) is 2.20. The molecule has 2 aliphatic rings. The van der Waals surface area contributed by atoms with Gasteiger partial charge < -0.3 is 33.2 Å². The Morgan fingerprint density at radius 2 is 1.30 bits per heavy atom. The molecule has 1 atom stereocenters. The fourth-order valence-corrected chi connectivity index (χ4v) is 7.12. The van der Waals surface area contributed by atoms with Crippen LogP contribution in [0.3, 0.4) is 0 Å². The molecule has 0 fully saturated rings. The van der Waals surface area contributed by atoms with Crippen LogP contribution in [0, 0.1) is 0 Å². The van der Waals surface area contributed by atoms with E-state index in [9.17, 15) is 9.59 Å². The van der Waals surface area contributed by atoms with Crippen molar-refractivity contribution in [3.8, 4) is 40.4 Å². The molecule has 238 valence electrons. The van der Waals surface area contributed by atoms with Gasteiger partial charge in [-0.25, -0.2) is 4.98 Å². The van der Waals surface area contributed by atoms with Gasteiger partial charge in [0.25, 0.3) is 0 Å². The van der Waals surface area contributed by atoms with Gasteiger partial charge in [0.1, 0.15) is 28.4 Å². The largest absolute Gasteiger partial charge is 0.496 e. The number of methoxy groups -OCH3 is 7. The average Bonchev–Trinajstić information content (AvgIpc) is 3.56. The van der Waals surface area contributed by atoms with Crippen LogP contribution >= 0.6 is 0 Å². The molecule has 0 saturated heterocycles. The predicted molar refractivity (Wildman–Crippen MR) is 174 cm³/mol. The minimum atomic E-state index is -1.60. The number of ketones is 2. The molecule has 2 aliphatic carbocycles. The molecule has 10 heteroatoms. The maximum atomic E-state index is 15.0. The Hall–Kier alpha value is -5.25. The number of carbonyl (C=O) groups is 2. The molecule has 0 amide bonds. The molecule has 6 rings (SSSR count). The number of carbonyl (C=O) groups excluding carboxylic acids is 2. The summed E-state index contributed by atoms with van der Waals surface area (Å²) in [6.07, 6.45) is 8.30. The minimum absolute atomic E-state index is 0.106. The van der Waals surface area contributed by atoms with Gasteiger partial charge in [-0.05, 0) is 42.9 Å². The number of ether oxygens (including phenoxy) is 7. The van der Waals surface area contributed by atoms with Crippen molar-refractivity contribution in [2.45, 2.75) is 25.2 Å². The van der Waals surface area contributed by atoms with Crippen LogP contribution in [0.5, 0.6) is 40.4 Å². The average molecular weight is 626 g/mol. The zero-order valence-corrected chi connectivity index (χ0v) is 27.1. The van der Waals surface area contributed by atoms with Crippen LogP contribution in [0.25, 0.3) is 27.6 Å². The van der Waals surface area contributed by atoms with E-state index in [1.165, 1.54) is 49.8 Å². The Kier molecular flexibility index (Phi) is 7.75. The van der Waals surface area contributed by atoms with Gasteiger partial charge in [0.15, 0.2) is 23.1 Å². The number of aromatic nitrogens is 1. The molecule has 0 saturated carbocycles. The lowest BCUT2D eigenvalue weighted by Gasteiger charge is -2.25. The number of hydrogen-bond donors (Lipinski definition) is 0. The van der Waals surface area contributed by atoms with Crippen molar-refractivity contribution >= 4 is 39.2 Å². The van der Waals surface area contributed by atoms with E-state index in [2.05, 4.69) is 0 Å². The van der Waals surface area contributed by atoms with Crippen molar-refractivity contribution in [3.05, 3.63) is 64.4 Å². The fraction of sp³-hybridized carbons (Fsp3) is 0.306. The molecule has 1 spiro atoms. The molecule has 46 heavy (non-hydrogen) atoms. The quantitative estimate of drug-likeness (QED) is 0.155. The van der Waals surface area contributed by atoms with Gasteiger partial charge in [-0.3, -0.25) is 9.59 Å². The van der Waals surface area contributed by atoms with Crippen LogP contribution in [-0.2, 0) is 11.8 Å². The number of pyridine rings is 1. The summed E-state index contributed by atoms with van der Waals surface area (Å²) in [5.41, 5.74) is 0.638. The van der Waals surface area contributed by atoms with Crippen molar-refractivity contribution in [1.82, 2.24) is 4.98 Å². The second-order valence-corrected chi connectivity index (χ2v) is 10.9. The number of fused-ring (bicyclic) bond motifs is 5. The van der Waals surface area contributed by atoms with Crippen molar-refractivity contribution in [1.29, 1.82) is 0 Å². The zero-order chi connectivity index (χ0) is 32.9. The van der Waals surface area contributed by atoms with Crippen LogP contribution in [0.4, 0.5) is 0 Å². The number of aryl methyl sites for hydroxylation is 1. The van der Waals surface area contributed by atoms with E-state index < -0.39 is 17.0 Å². The first kappa shape index (κ1) is 30.8. The van der Waals surface area contributed by atoms with Crippen LogP contribution < -0.4 is 33.2 Å². The standard InChI is InChI=1S/C36H35NO9/c1-9-10-11-12-20-16-19-15-18-13-14-36(28(18)32(45-7)23(19)35(37-20)46-8)33(38)26-27(34(36)39)31(44-6)25-24(30(26)43-5)21(40-2)17-22(41-3)29(25)42-4/h9-12,15-17H,13-14H2,1-8H3/b10-9+,12-11+. The summed E-state index contributed by atoms with van der Waals surface area (Å²) in [4.78, 5) is 34.6. The van der Waals surface area contributed by atoms with Gasteiger partial charge in [0.05, 0.1) is 82.7 Å². The summed E-state index contributed by atoms with van der Waals surface area (Å²) in [6, 6.07) is 5.57. The number of nitrogens with zero attached hydrogens (tertiary/aromatic N) is 1. The van der Waals surface area contributed by atoms with Crippen molar-refractivity contribution in [2.24, 2.45) is 0 Å². The fourth-order valence-electron chi connectivity index (χ4n) is 7.12. The molecule has 0 bridgehead atoms. The number of rotatable bonds is 9. The third-order valence-electron chi connectivity index (χ3n) is 8.95. The van der Waals surface area contributed by atoms with Gasteiger partial charge in [0, 0.05) is 11.6 Å². The van der Waals surface area contributed by atoms with Crippen LogP contribution in [0.15, 0.2) is 36.4 Å². The molecule has 10 nitrogen and oxygen atoms in total. The Bertz CT molecular complexity index is 2010. The molecule has 0 radical (unpaired) electrons. The highest BCUT2D eigenvalue weighted by molar-refractivity contribution is 6.38. The third-order valence-corrected chi connectivity index (χ3v) is 8.95. The summed E-state index contributed by atoms with van der Waals surface area (Å²) < 4.78 is 40.8. The summed E-state index contributed by atoms with van der Waals surface area (Å²) in [6.45, 7) is 1.93. The number of allylic oxidation sites excluding steroid dienone is 3. The monoisotopic (exact) mass is 625 g/mol. The number of benzene rings is 3. The topological polar surface area (TPSA) is 112 Å². The first-order chi connectivity index (χ1) is 22.3. The van der Waals surface area contributed by atoms with E-state index in [1.807, 2.05) is 43.4 Å². The van der Waals surface area contributed by atoms with Crippen LogP contribution in [0.2, 0.25) is 0 Å². The second kappa shape index (κ2) is 11.6.